The van der Waals surface area contributed by atoms with Crippen LogP contribution in [0.4, 0.5) is 0 Å². The van der Waals surface area contributed by atoms with E-state index in [0.29, 0.717) is 17.6 Å². The molecule has 0 amide bonds. The van der Waals surface area contributed by atoms with Crippen molar-refractivity contribution < 1.29 is 4.74 Å². The van der Waals surface area contributed by atoms with E-state index in [1.807, 2.05) is 0 Å². The Labute approximate surface area is 126 Å². The first-order valence-electron chi connectivity index (χ1n) is 8.85. The molecule has 2 unspecified atom stereocenters. The van der Waals surface area contributed by atoms with Gasteiger partial charge in [-0.15, -0.1) is 0 Å². The van der Waals surface area contributed by atoms with Crippen molar-refractivity contribution in [3.05, 3.63) is 0 Å². The van der Waals surface area contributed by atoms with Crippen molar-refractivity contribution in [2.75, 3.05) is 13.2 Å². The summed E-state index contributed by atoms with van der Waals surface area (Å²) >= 11 is 0. The third kappa shape index (κ3) is 4.46. The Morgan fingerprint density at radius 3 is 2.35 bits per heavy atom. The Balaban J connectivity index is 1.78. The van der Waals surface area contributed by atoms with Crippen LogP contribution in [0.3, 0.4) is 0 Å². The number of hydrogen-bond donors (Lipinski definition) is 1. The van der Waals surface area contributed by atoms with E-state index in [1.165, 1.54) is 44.9 Å². The lowest BCUT2D eigenvalue weighted by atomic mass is 9.68. The van der Waals surface area contributed by atoms with Gasteiger partial charge in [0, 0.05) is 12.6 Å². The number of nitrogens with one attached hydrogen (secondary N) is 1. The fourth-order valence-corrected chi connectivity index (χ4v) is 4.05. The second-order valence-corrected chi connectivity index (χ2v) is 8.06. The van der Waals surface area contributed by atoms with Crippen molar-refractivity contribution >= 4 is 0 Å². The molecule has 1 N–H and O–H groups in total. The quantitative estimate of drug-likeness (QED) is 0.825. The highest BCUT2D eigenvalue weighted by atomic mass is 16.5. The molecule has 0 aromatic carbocycles. The molecule has 1 saturated carbocycles. The molecule has 0 spiro atoms. The monoisotopic (exact) mass is 281 g/mol. The fourth-order valence-electron chi connectivity index (χ4n) is 4.05. The highest BCUT2D eigenvalue weighted by Crippen LogP contribution is 2.42. The van der Waals surface area contributed by atoms with Gasteiger partial charge in [-0.3, -0.25) is 0 Å². The van der Waals surface area contributed by atoms with E-state index >= 15 is 0 Å². The molecule has 0 radical (unpaired) electrons. The van der Waals surface area contributed by atoms with Crippen LogP contribution in [0.2, 0.25) is 0 Å². The SMILES string of the molecule is CCCNC1CCOC(C2CCC(C(C)(C)C)CC2)C1. The zero-order chi connectivity index (χ0) is 14.6. The van der Waals surface area contributed by atoms with Gasteiger partial charge in [0.1, 0.15) is 0 Å². The maximum atomic E-state index is 6.11. The minimum atomic E-state index is 0.490. The molecule has 1 saturated heterocycles. The second kappa shape index (κ2) is 7.26. The zero-order valence-corrected chi connectivity index (χ0v) is 14.1. The average Bonchev–Trinajstić information content (AvgIpc) is 2.45. The third-order valence-corrected chi connectivity index (χ3v) is 5.52. The van der Waals surface area contributed by atoms with Gasteiger partial charge in [-0.1, -0.05) is 27.7 Å². The van der Waals surface area contributed by atoms with Gasteiger partial charge >= 0.3 is 0 Å². The molecule has 2 rings (SSSR count). The summed E-state index contributed by atoms with van der Waals surface area (Å²) in [6.07, 6.45) is 9.78. The standard InChI is InChI=1S/C18H35NO/c1-5-11-19-16-10-12-20-17(13-16)14-6-8-15(9-7-14)18(2,3)4/h14-17,19H,5-13H2,1-4H3. The maximum Gasteiger partial charge on any atom is 0.0618 e. The van der Waals surface area contributed by atoms with Crippen LogP contribution in [0.25, 0.3) is 0 Å². The van der Waals surface area contributed by atoms with E-state index in [-0.39, 0.29) is 0 Å². The highest BCUT2D eigenvalue weighted by molar-refractivity contribution is 4.87. The summed E-state index contributed by atoms with van der Waals surface area (Å²) in [6, 6.07) is 0.703. The Hall–Kier alpha value is -0.0800. The second-order valence-electron chi connectivity index (χ2n) is 8.06. The van der Waals surface area contributed by atoms with E-state index in [0.717, 1.165) is 25.0 Å². The molecule has 2 atom stereocenters. The Morgan fingerprint density at radius 1 is 1.05 bits per heavy atom. The molecule has 1 heterocycles. The molecule has 0 aromatic rings. The van der Waals surface area contributed by atoms with Crippen LogP contribution in [-0.2, 0) is 4.74 Å². The Morgan fingerprint density at radius 2 is 1.75 bits per heavy atom. The molecule has 2 nitrogen and oxygen atoms in total. The molecule has 20 heavy (non-hydrogen) atoms. The first kappa shape index (κ1) is 16.3. The van der Waals surface area contributed by atoms with Crippen molar-refractivity contribution in [3.63, 3.8) is 0 Å². The van der Waals surface area contributed by atoms with Crippen LogP contribution in [0, 0.1) is 17.3 Å². The van der Waals surface area contributed by atoms with Crippen molar-refractivity contribution in [2.24, 2.45) is 17.3 Å². The third-order valence-electron chi connectivity index (χ3n) is 5.52. The zero-order valence-electron chi connectivity index (χ0n) is 14.1. The molecular formula is C18H35NO. The minimum absolute atomic E-state index is 0.490. The van der Waals surface area contributed by atoms with Crippen molar-refractivity contribution in [1.82, 2.24) is 5.32 Å². The topological polar surface area (TPSA) is 21.3 Å². The van der Waals surface area contributed by atoms with Crippen molar-refractivity contribution in [2.45, 2.75) is 84.8 Å². The van der Waals surface area contributed by atoms with Gasteiger partial charge < -0.3 is 10.1 Å². The summed E-state index contributed by atoms with van der Waals surface area (Å²) in [5.41, 5.74) is 0.490. The van der Waals surface area contributed by atoms with Gasteiger partial charge in [0.05, 0.1) is 6.10 Å². The van der Waals surface area contributed by atoms with Crippen LogP contribution in [0.5, 0.6) is 0 Å². The Kier molecular flexibility index (Phi) is 5.92. The lowest BCUT2D eigenvalue weighted by molar-refractivity contribution is -0.0492. The predicted octanol–water partition coefficient (Wildman–Crippen LogP) is 4.39. The van der Waals surface area contributed by atoms with E-state index in [1.54, 1.807) is 0 Å². The number of hydrogen-bond acceptors (Lipinski definition) is 2. The molecule has 1 aliphatic carbocycles. The normalized spacial score (nSPS) is 36.0. The summed E-state index contributed by atoms with van der Waals surface area (Å²) in [7, 11) is 0. The molecule has 0 bridgehead atoms. The molecule has 1 aliphatic heterocycles. The fraction of sp³-hybridized carbons (Fsp3) is 1.00. The summed E-state index contributed by atoms with van der Waals surface area (Å²) in [5.74, 6) is 1.73. The summed E-state index contributed by atoms with van der Waals surface area (Å²) in [4.78, 5) is 0. The molecule has 2 aliphatic rings. The molecule has 2 fully saturated rings. The lowest BCUT2D eigenvalue weighted by Crippen LogP contribution is -2.43. The van der Waals surface area contributed by atoms with Gasteiger partial charge in [-0.25, -0.2) is 0 Å². The molecule has 118 valence electrons. The first-order valence-corrected chi connectivity index (χ1v) is 8.85. The smallest absolute Gasteiger partial charge is 0.0618 e. The van der Waals surface area contributed by atoms with Gasteiger partial charge in [0.25, 0.3) is 0 Å². The molecular weight excluding hydrogens is 246 g/mol. The van der Waals surface area contributed by atoms with E-state index in [9.17, 15) is 0 Å². The number of ether oxygens (including phenoxy) is 1. The van der Waals surface area contributed by atoms with Gasteiger partial charge in [-0.05, 0) is 68.7 Å². The van der Waals surface area contributed by atoms with Crippen LogP contribution in [0.15, 0.2) is 0 Å². The van der Waals surface area contributed by atoms with E-state index < -0.39 is 0 Å². The Bertz CT molecular complexity index is 276. The molecule has 0 aromatic heterocycles. The first-order chi connectivity index (χ1) is 9.50. The van der Waals surface area contributed by atoms with Gasteiger partial charge in [0.15, 0.2) is 0 Å². The van der Waals surface area contributed by atoms with E-state index in [2.05, 4.69) is 33.0 Å². The van der Waals surface area contributed by atoms with Crippen molar-refractivity contribution in [3.8, 4) is 0 Å². The van der Waals surface area contributed by atoms with Crippen molar-refractivity contribution in [1.29, 1.82) is 0 Å². The predicted molar refractivity (Wildman–Crippen MR) is 86.0 cm³/mol. The average molecular weight is 281 g/mol. The lowest BCUT2D eigenvalue weighted by Gasteiger charge is -2.41. The summed E-state index contributed by atoms with van der Waals surface area (Å²) in [6.45, 7) is 11.6. The highest BCUT2D eigenvalue weighted by Gasteiger charge is 2.35. The van der Waals surface area contributed by atoms with Crippen LogP contribution in [-0.4, -0.2) is 25.3 Å². The van der Waals surface area contributed by atoms with E-state index in [4.69, 9.17) is 4.74 Å². The summed E-state index contributed by atoms with van der Waals surface area (Å²) in [5, 5.41) is 3.69. The van der Waals surface area contributed by atoms with Crippen LogP contribution >= 0.6 is 0 Å². The molecule has 2 heteroatoms. The minimum Gasteiger partial charge on any atom is -0.378 e. The van der Waals surface area contributed by atoms with Crippen LogP contribution in [0.1, 0.15) is 72.6 Å². The van der Waals surface area contributed by atoms with Crippen LogP contribution < -0.4 is 5.32 Å². The van der Waals surface area contributed by atoms with Gasteiger partial charge in [-0.2, -0.15) is 0 Å². The summed E-state index contributed by atoms with van der Waals surface area (Å²) < 4.78 is 6.11. The van der Waals surface area contributed by atoms with Gasteiger partial charge in [0.2, 0.25) is 0 Å². The maximum absolute atomic E-state index is 6.11. The number of rotatable bonds is 4. The largest absolute Gasteiger partial charge is 0.378 e.